The summed E-state index contributed by atoms with van der Waals surface area (Å²) in [7, 11) is 0. The number of thiol groups is 1. The van der Waals surface area contributed by atoms with Gasteiger partial charge in [0.05, 0.1) is 0 Å². The highest BCUT2D eigenvalue weighted by molar-refractivity contribution is 7.80. The fraction of sp³-hybridized carbons (Fsp3) is 0.900. The van der Waals surface area contributed by atoms with Crippen molar-refractivity contribution >= 4 is 18.7 Å². The number of nitrogens with one attached hydrogen (secondary N) is 1. The molecule has 0 saturated heterocycles. The molecule has 0 aromatic carbocycles. The monoisotopic (exact) mass is 489 g/mol. The van der Waals surface area contributed by atoms with E-state index in [4.69, 9.17) is 4.74 Å². The Morgan fingerprint density at radius 2 is 1.91 bits per heavy atom. The molecule has 8 atom stereocenters. The Bertz CT molecular complexity index is 750. The van der Waals surface area contributed by atoms with Crippen molar-refractivity contribution < 1.29 is 9.53 Å². The summed E-state index contributed by atoms with van der Waals surface area (Å²) >= 11 is 4.17. The smallest absolute Gasteiger partial charge is 0.407 e. The predicted molar refractivity (Wildman–Crippen MR) is 145 cm³/mol. The van der Waals surface area contributed by atoms with Gasteiger partial charge in [0, 0.05) is 18.7 Å². The van der Waals surface area contributed by atoms with Crippen LogP contribution in [0, 0.1) is 46.3 Å². The van der Waals surface area contributed by atoms with Crippen molar-refractivity contribution in [2.45, 2.75) is 111 Å². The third-order valence-corrected chi connectivity index (χ3v) is 11.1. The Labute approximate surface area is 215 Å². The maximum Gasteiger partial charge on any atom is 0.407 e. The van der Waals surface area contributed by atoms with Crippen molar-refractivity contribution in [3.63, 3.8) is 0 Å². The van der Waals surface area contributed by atoms with Gasteiger partial charge >= 0.3 is 6.09 Å². The lowest BCUT2D eigenvalue weighted by Gasteiger charge is -2.58. The molecule has 34 heavy (non-hydrogen) atoms. The summed E-state index contributed by atoms with van der Waals surface area (Å²) in [6.07, 6.45) is 16.7. The average Bonchev–Trinajstić information content (AvgIpc) is 3.15. The van der Waals surface area contributed by atoms with Crippen molar-refractivity contribution in [2.24, 2.45) is 46.3 Å². The molecule has 0 aromatic rings. The molecule has 3 unspecified atom stereocenters. The van der Waals surface area contributed by atoms with Crippen molar-refractivity contribution in [1.82, 2.24) is 5.32 Å². The number of ether oxygens (including phenoxy) is 1. The zero-order valence-corrected chi connectivity index (χ0v) is 23.5. The molecule has 0 spiro atoms. The molecule has 0 heterocycles. The highest BCUT2D eigenvalue weighted by Crippen LogP contribution is 2.67. The van der Waals surface area contributed by atoms with Crippen LogP contribution in [0.1, 0.15) is 105 Å². The van der Waals surface area contributed by atoms with E-state index in [0.29, 0.717) is 23.1 Å². The van der Waals surface area contributed by atoms with Crippen LogP contribution in [-0.4, -0.2) is 24.5 Å². The quantitative estimate of drug-likeness (QED) is 0.267. The zero-order valence-electron chi connectivity index (χ0n) is 22.6. The van der Waals surface area contributed by atoms with E-state index in [2.05, 4.69) is 58.6 Å². The van der Waals surface area contributed by atoms with E-state index < -0.39 is 0 Å². The maximum absolute atomic E-state index is 12.1. The van der Waals surface area contributed by atoms with E-state index in [9.17, 15) is 4.79 Å². The SMILES string of the molecule is CC(C)CCC[C@@H](C)[C@H]1CC[C@H]2C3CC=C4CC(OC(=O)NCCS)CC[C@]4(C)C3CC[C@]12C. The summed E-state index contributed by atoms with van der Waals surface area (Å²) in [6, 6.07) is 0. The topological polar surface area (TPSA) is 38.3 Å². The van der Waals surface area contributed by atoms with Crippen molar-refractivity contribution in [3.05, 3.63) is 11.6 Å². The molecular formula is C30H51NO2S. The first-order chi connectivity index (χ1) is 16.2. The number of allylic oxidation sites excluding steroid dienone is 1. The second-order valence-corrected chi connectivity index (χ2v) is 13.7. The number of hydrogen-bond donors (Lipinski definition) is 2. The van der Waals surface area contributed by atoms with Crippen molar-refractivity contribution in [2.75, 3.05) is 12.3 Å². The summed E-state index contributed by atoms with van der Waals surface area (Å²) < 4.78 is 5.77. The van der Waals surface area contributed by atoms with Gasteiger partial charge in [-0.1, -0.05) is 65.5 Å². The van der Waals surface area contributed by atoms with E-state index in [0.717, 1.165) is 48.3 Å². The van der Waals surface area contributed by atoms with Crippen LogP contribution in [0.25, 0.3) is 0 Å². The van der Waals surface area contributed by atoms with Crippen LogP contribution in [0.15, 0.2) is 11.6 Å². The number of carbonyl (C=O) groups excluding carboxylic acids is 1. The highest BCUT2D eigenvalue weighted by Gasteiger charge is 2.59. The van der Waals surface area contributed by atoms with Crippen LogP contribution in [0.4, 0.5) is 4.79 Å². The van der Waals surface area contributed by atoms with E-state index in [1.165, 1.54) is 57.8 Å². The number of carbonyl (C=O) groups is 1. The lowest BCUT2D eigenvalue weighted by Crippen LogP contribution is -2.51. The maximum atomic E-state index is 12.1. The molecule has 1 amide bonds. The number of amides is 1. The summed E-state index contributed by atoms with van der Waals surface area (Å²) in [5, 5.41) is 2.81. The Morgan fingerprint density at radius 1 is 1.12 bits per heavy atom. The van der Waals surface area contributed by atoms with Crippen molar-refractivity contribution in [1.29, 1.82) is 0 Å². The Kier molecular flexibility index (Phi) is 8.37. The number of alkyl carbamates (subject to hydrolysis) is 1. The average molecular weight is 490 g/mol. The third-order valence-electron chi connectivity index (χ3n) is 10.9. The molecule has 4 heteroatoms. The van der Waals surface area contributed by atoms with Gasteiger partial charge in [-0.3, -0.25) is 0 Å². The summed E-state index contributed by atoms with van der Waals surface area (Å²) in [6.45, 7) is 13.1. The van der Waals surface area contributed by atoms with Gasteiger partial charge in [0.1, 0.15) is 6.10 Å². The molecular weight excluding hydrogens is 438 g/mol. The molecule has 0 aliphatic heterocycles. The Balaban J connectivity index is 1.41. The third kappa shape index (κ3) is 5.09. The van der Waals surface area contributed by atoms with Crippen LogP contribution in [0.2, 0.25) is 0 Å². The van der Waals surface area contributed by atoms with Gasteiger partial charge in [-0.2, -0.15) is 12.6 Å². The van der Waals surface area contributed by atoms with Crippen LogP contribution >= 0.6 is 12.6 Å². The molecule has 3 nitrogen and oxygen atoms in total. The first-order valence-corrected chi connectivity index (χ1v) is 15.1. The van der Waals surface area contributed by atoms with Crippen molar-refractivity contribution in [3.8, 4) is 0 Å². The Hall–Kier alpha value is -0.640. The largest absolute Gasteiger partial charge is 0.446 e. The fourth-order valence-corrected chi connectivity index (χ4v) is 9.22. The van der Waals surface area contributed by atoms with Gasteiger partial charge in [-0.05, 0) is 91.3 Å². The van der Waals surface area contributed by atoms with Gasteiger partial charge in [0.25, 0.3) is 0 Å². The van der Waals surface area contributed by atoms with Crippen LogP contribution in [-0.2, 0) is 4.74 Å². The molecule has 0 aromatic heterocycles. The van der Waals surface area contributed by atoms with Gasteiger partial charge < -0.3 is 10.1 Å². The van der Waals surface area contributed by atoms with Gasteiger partial charge in [-0.25, -0.2) is 4.79 Å². The van der Waals surface area contributed by atoms with Gasteiger partial charge in [-0.15, -0.1) is 0 Å². The van der Waals surface area contributed by atoms with E-state index in [1.807, 2.05) is 0 Å². The number of fused-ring (bicyclic) bond motifs is 5. The lowest BCUT2D eigenvalue weighted by molar-refractivity contribution is -0.0581. The molecule has 4 aliphatic carbocycles. The molecule has 4 rings (SSSR count). The standard InChI is InChI=1S/C30H51NO2S/c1-20(2)7-6-8-21(3)25-11-12-26-24-10-9-22-19-23(33-28(32)31-17-18-34)13-15-29(22,4)27(24)14-16-30(25,26)5/h9,20-21,23-27,34H,6-8,10-19H2,1-5H3,(H,31,32)/t21-,23?,24?,25-,26+,27?,29+,30-/m1/s1. The minimum absolute atomic E-state index is 0.0344. The molecule has 194 valence electrons. The predicted octanol–water partition coefficient (Wildman–Crippen LogP) is 8.05. The molecule has 1 N–H and O–H groups in total. The highest BCUT2D eigenvalue weighted by atomic mass is 32.1. The normalized spacial score (nSPS) is 40.1. The second kappa shape index (κ2) is 10.8. The molecule has 0 radical (unpaired) electrons. The minimum Gasteiger partial charge on any atom is -0.446 e. The van der Waals surface area contributed by atoms with Gasteiger partial charge in [0.15, 0.2) is 0 Å². The summed E-state index contributed by atoms with van der Waals surface area (Å²) in [5.74, 6) is 5.85. The van der Waals surface area contributed by atoms with Crippen LogP contribution in [0.5, 0.6) is 0 Å². The fourth-order valence-electron chi connectivity index (χ4n) is 9.10. The van der Waals surface area contributed by atoms with Gasteiger partial charge in [0.2, 0.25) is 0 Å². The van der Waals surface area contributed by atoms with Crippen LogP contribution in [0.3, 0.4) is 0 Å². The first-order valence-electron chi connectivity index (χ1n) is 14.4. The van der Waals surface area contributed by atoms with E-state index in [-0.39, 0.29) is 12.2 Å². The summed E-state index contributed by atoms with van der Waals surface area (Å²) in [5.41, 5.74) is 2.45. The molecule has 0 bridgehead atoms. The van der Waals surface area contributed by atoms with E-state index >= 15 is 0 Å². The number of rotatable bonds is 8. The Morgan fingerprint density at radius 3 is 2.65 bits per heavy atom. The second-order valence-electron chi connectivity index (χ2n) is 13.2. The summed E-state index contributed by atoms with van der Waals surface area (Å²) in [4.78, 5) is 12.1. The van der Waals surface area contributed by atoms with Crippen LogP contribution < -0.4 is 5.32 Å². The first kappa shape index (κ1) is 26.4. The molecule has 4 aliphatic rings. The molecule has 3 fully saturated rings. The zero-order chi connectivity index (χ0) is 24.5. The minimum atomic E-state index is -0.273. The number of hydrogen-bond acceptors (Lipinski definition) is 3. The molecule has 3 saturated carbocycles. The van der Waals surface area contributed by atoms with E-state index in [1.54, 1.807) is 5.57 Å². The lowest BCUT2D eigenvalue weighted by atomic mass is 9.47.